The third-order valence-electron chi connectivity index (χ3n) is 12.8. The molecule has 0 aliphatic rings. The zero-order chi connectivity index (χ0) is 43.0. The summed E-state index contributed by atoms with van der Waals surface area (Å²) < 4.78 is 0. The van der Waals surface area contributed by atoms with Crippen LogP contribution in [0.4, 0.5) is 0 Å². The Labute approximate surface area is 369 Å². The summed E-state index contributed by atoms with van der Waals surface area (Å²) in [4.78, 5) is 12.4. The third-order valence-corrected chi connectivity index (χ3v) is 12.8. The van der Waals surface area contributed by atoms with Crippen molar-refractivity contribution in [1.82, 2.24) is 5.32 Å². The summed E-state index contributed by atoms with van der Waals surface area (Å²) in [6.07, 6.45) is 61.4. The topological polar surface area (TPSA) is 89.8 Å². The largest absolute Gasteiger partial charge is 0.394 e. The molecule has 0 aromatic carbocycles. The molecular weight excluding hydrogens is 727 g/mol. The van der Waals surface area contributed by atoms with E-state index in [1.54, 1.807) is 6.08 Å². The molecule has 0 fully saturated rings. The second-order valence-corrected chi connectivity index (χ2v) is 18.9. The molecule has 0 spiro atoms. The number of hydrogen-bond donors (Lipinski definition) is 4. The first-order chi connectivity index (χ1) is 29.0. The number of nitrogens with one attached hydrogen (secondary N) is 1. The van der Waals surface area contributed by atoms with Gasteiger partial charge in [-0.15, -0.1) is 0 Å². The van der Waals surface area contributed by atoms with Crippen LogP contribution in [0.1, 0.15) is 303 Å². The lowest BCUT2D eigenvalue weighted by Crippen LogP contribution is -2.45. The number of aliphatic hydroxyl groups excluding tert-OH is 3. The number of amides is 1. The van der Waals surface area contributed by atoms with E-state index in [-0.39, 0.29) is 18.9 Å². The minimum atomic E-state index is -0.923. The molecule has 0 saturated carbocycles. The van der Waals surface area contributed by atoms with Crippen LogP contribution in [0.15, 0.2) is 12.2 Å². The van der Waals surface area contributed by atoms with Gasteiger partial charge in [-0.1, -0.05) is 289 Å². The lowest BCUT2D eigenvalue weighted by Gasteiger charge is -2.21. The second-order valence-electron chi connectivity index (χ2n) is 18.9. The summed E-state index contributed by atoms with van der Waals surface area (Å²) >= 11 is 0. The van der Waals surface area contributed by atoms with Crippen molar-refractivity contribution in [2.75, 3.05) is 6.61 Å². The number of rotatable bonds is 50. The van der Waals surface area contributed by atoms with Gasteiger partial charge in [-0.05, 0) is 19.3 Å². The van der Waals surface area contributed by atoms with Crippen LogP contribution >= 0.6 is 0 Å². The first-order valence-corrected chi connectivity index (χ1v) is 27.0. The van der Waals surface area contributed by atoms with Crippen molar-refractivity contribution in [2.45, 2.75) is 321 Å². The fraction of sp³-hybridized carbons (Fsp3) is 0.944. The van der Waals surface area contributed by atoms with E-state index >= 15 is 0 Å². The van der Waals surface area contributed by atoms with Crippen molar-refractivity contribution in [3.05, 3.63) is 12.2 Å². The fourth-order valence-corrected chi connectivity index (χ4v) is 8.70. The van der Waals surface area contributed by atoms with Crippen molar-refractivity contribution in [2.24, 2.45) is 0 Å². The van der Waals surface area contributed by atoms with Gasteiger partial charge < -0.3 is 20.6 Å². The Morgan fingerprint density at radius 2 is 0.695 bits per heavy atom. The minimum absolute atomic E-state index is 0.0185. The highest BCUT2D eigenvalue weighted by atomic mass is 16.3. The molecule has 352 valence electrons. The van der Waals surface area contributed by atoms with E-state index in [2.05, 4.69) is 19.2 Å². The Morgan fingerprint density at radius 3 is 0.983 bits per heavy atom. The van der Waals surface area contributed by atoms with E-state index in [0.29, 0.717) is 6.42 Å². The molecule has 0 aliphatic carbocycles. The summed E-state index contributed by atoms with van der Waals surface area (Å²) in [7, 11) is 0. The van der Waals surface area contributed by atoms with Crippen LogP contribution in [-0.2, 0) is 4.79 Å². The quantitative estimate of drug-likeness (QED) is 0.0363. The average molecular weight is 834 g/mol. The Kier molecular flexibility index (Phi) is 49.0. The van der Waals surface area contributed by atoms with Gasteiger partial charge in [0.25, 0.3) is 0 Å². The Hall–Kier alpha value is -0.910. The van der Waals surface area contributed by atoms with Crippen LogP contribution in [-0.4, -0.2) is 46.1 Å². The molecule has 0 radical (unpaired) electrons. The fourth-order valence-electron chi connectivity index (χ4n) is 8.70. The first-order valence-electron chi connectivity index (χ1n) is 27.0. The predicted molar refractivity (Wildman–Crippen MR) is 259 cm³/mol. The molecule has 59 heavy (non-hydrogen) atoms. The van der Waals surface area contributed by atoms with Gasteiger partial charge in [-0.2, -0.15) is 0 Å². The lowest BCUT2D eigenvalue weighted by molar-refractivity contribution is -0.124. The lowest BCUT2D eigenvalue weighted by atomic mass is 10.0. The highest BCUT2D eigenvalue weighted by molar-refractivity contribution is 5.76. The molecule has 5 nitrogen and oxygen atoms in total. The van der Waals surface area contributed by atoms with Crippen molar-refractivity contribution in [3.8, 4) is 0 Å². The maximum Gasteiger partial charge on any atom is 0.222 e. The molecule has 0 saturated heterocycles. The van der Waals surface area contributed by atoms with Gasteiger partial charge in [0, 0.05) is 0 Å². The van der Waals surface area contributed by atoms with Crippen molar-refractivity contribution >= 4 is 5.91 Å². The van der Waals surface area contributed by atoms with Crippen molar-refractivity contribution in [3.63, 3.8) is 0 Å². The molecular formula is C54H107NO4. The molecule has 0 aliphatic heterocycles. The molecule has 0 bridgehead atoms. The van der Waals surface area contributed by atoms with Gasteiger partial charge in [0.05, 0.1) is 31.3 Å². The Morgan fingerprint density at radius 1 is 0.424 bits per heavy atom. The maximum atomic E-state index is 12.4. The molecule has 0 heterocycles. The van der Waals surface area contributed by atoms with Gasteiger partial charge in [0.2, 0.25) is 5.91 Å². The van der Waals surface area contributed by atoms with Gasteiger partial charge in [-0.25, -0.2) is 0 Å². The van der Waals surface area contributed by atoms with E-state index in [9.17, 15) is 20.1 Å². The van der Waals surface area contributed by atoms with Gasteiger partial charge >= 0.3 is 0 Å². The Bertz CT molecular complexity index is 833. The molecule has 0 aromatic heterocycles. The molecule has 3 atom stereocenters. The summed E-state index contributed by atoms with van der Waals surface area (Å²) in [6.45, 7) is 4.20. The highest BCUT2D eigenvalue weighted by Gasteiger charge is 2.20. The maximum absolute atomic E-state index is 12.4. The minimum Gasteiger partial charge on any atom is -0.394 e. The second kappa shape index (κ2) is 49.7. The van der Waals surface area contributed by atoms with Crippen LogP contribution in [0.5, 0.6) is 0 Å². The summed E-state index contributed by atoms with van der Waals surface area (Å²) in [5, 5.41) is 33.2. The smallest absolute Gasteiger partial charge is 0.222 e. The van der Waals surface area contributed by atoms with Crippen LogP contribution in [0, 0.1) is 0 Å². The molecule has 4 N–H and O–H groups in total. The Balaban J connectivity index is 3.38. The van der Waals surface area contributed by atoms with Crippen LogP contribution in [0.3, 0.4) is 0 Å². The van der Waals surface area contributed by atoms with Crippen LogP contribution in [0.25, 0.3) is 0 Å². The van der Waals surface area contributed by atoms with Crippen molar-refractivity contribution < 1.29 is 20.1 Å². The van der Waals surface area contributed by atoms with Crippen LogP contribution in [0.2, 0.25) is 0 Å². The molecule has 0 aromatic rings. The molecule has 0 rings (SSSR count). The monoisotopic (exact) mass is 834 g/mol. The number of carbonyl (C=O) groups excluding carboxylic acids is 1. The molecule has 5 heteroatoms. The number of unbranched alkanes of at least 4 members (excludes halogenated alkanes) is 41. The SMILES string of the molecule is CCCCCCCCC/C=C/C(O)C(CO)NC(=O)CC(O)CCCCCCCCCCCCCCCCCCCCCCCCCCCCCCCCCCCCC. The number of allylic oxidation sites excluding steroid dienone is 1. The number of aliphatic hydroxyl groups is 3. The van der Waals surface area contributed by atoms with Crippen LogP contribution < -0.4 is 5.32 Å². The van der Waals surface area contributed by atoms with E-state index < -0.39 is 18.2 Å². The van der Waals surface area contributed by atoms with Crippen molar-refractivity contribution in [1.29, 1.82) is 0 Å². The predicted octanol–water partition coefficient (Wildman–Crippen LogP) is 16.3. The summed E-state index contributed by atoms with van der Waals surface area (Å²) in [5.41, 5.74) is 0. The highest BCUT2D eigenvalue weighted by Crippen LogP contribution is 2.18. The number of hydrogen-bond acceptors (Lipinski definition) is 4. The number of carbonyl (C=O) groups is 1. The normalized spacial score (nSPS) is 13.4. The van der Waals surface area contributed by atoms with Gasteiger partial charge in [-0.3, -0.25) is 4.79 Å². The molecule has 1 amide bonds. The summed E-state index contributed by atoms with van der Waals surface area (Å²) in [5.74, 6) is -0.313. The van der Waals surface area contributed by atoms with E-state index in [0.717, 1.165) is 25.7 Å². The van der Waals surface area contributed by atoms with Gasteiger partial charge in [0.15, 0.2) is 0 Å². The van der Waals surface area contributed by atoms with E-state index in [4.69, 9.17) is 0 Å². The van der Waals surface area contributed by atoms with E-state index in [1.165, 1.54) is 250 Å². The van der Waals surface area contributed by atoms with E-state index in [1.807, 2.05) is 6.08 Å². The molecule has 3 unspecified atom stereocenters. The zero-order valence-corrected chi connectivity index (χ0v) is 40.2. The average Bonchev–Trinajstić information content (AvgIpc) is 3.23. The zero-order valence-electron chi connectivity index (χ0n) is 40.2. The third kappa shape index (κ3) is 46.4. The van der Waals surface area contributed by atoms with Gasteiger partial charge in [0.1, 0.15) is 0 Å². The first kappa shape index (κ1) is 58.1. The summed E-state index contributed by atoms with van der Waals surface area (Å²) in [6, 6.07) is -0.738. The standard InChI is InChI=1S/C54H107NO4/c1-3-5-7-9-11-13-14-15-16-17-18-19-20-21-22-23-24-25-26-27-28-29-30-31-32-33-34-35-36-37-38-40-41-43-45-47-51(57)49-54(59)55-52(50-56)53(58)48-46-44-42-39-12-10-8-6-4-2/h46,48,51-53,56-58H,3-45,47,49-50H2,1-2H3,(H,55,59)/b48-46+.